The Morgan fingerprint density at radius 1 is 1.12 bits per heavy atom. The van der Waals surface area contributed by atoms with Crippen molar-refractivity contribution in [2.75, 3.05) is 20.1 Å². The van der Waals surface area contributed by atoms with Crippen molar-refractivity contribution in [1.82, 2.24) is 0 Å². The standard InChI is InChI=1S/C13H18NO.BrH/c1-14(9-7-13(15)8-10-14)11-12-5-3-2-4-6-12;/h2-6H,7-11H2,1H3;1H/q+1;/p-1. The van der Waals surface area contributed by atoms with Crippen LogP contribution in [0.25, 0.3) is 0 Å². The number of likely N-dealkylation sites (tertiary alicyclic amines) is 1. The molecule has 0 bridgehead atoms. The van der Waals surface area contributed by atoms with Gasteiger partial charge in [0.25, 0.3) is 0 Å². The maximum Gasteiger partial charge on any atom is 0.144 e. The van der Waals surface area contributed by atoms with E-state index in [9.17, 15) is 4.79 Å². The first-order valence-electron chi connectivity index (χ1n) is 5.57. The molecule has 1 saturated heterocycles. The molecule has 0 aromatic heterocycles. The number of quaternary nitrogens is 1. The van der Waals surface area contributed by atoms with E-state index in [0.717, 1.165) is 37.0 Å². The van der Waals surface area contributed by atoms with E-state index in [1.807, 2.05) is 6.07 Å². The van der Waals surface area contributed by atoms with Crippen molar-refractivity contribution in [2.45, 2.75) is 19.4 Å². The second-order valence-corrected chi connectivity index (χ2v) is 4.75. The summed E-state index contributed by atoms with van der Waals surface area (Å²) >= 11 is 0. The number of hydrogen-bond donors (Lipinski definition) is 0. The van der Waals surface area contributed by atoms with E-state index in [-0.39, 0.29) is 17.0 Å². The minimum atomic E-state index is 0. The average molecular weight is 284 g/mol. The molecule has 88 valence electrons. The summed E-state index contributed by atoms with van der Waals surface area (Å²) in [6.45, 7) is 3.04. The summed E-state index contributed by atoms with van der Waals surface area (Å²) < 4.78 is 1.01. The minimum absolute atomic E-state index is 0. The highest BCUT2D eigenvalue weighted by Crippen LogP contribution is 2.18. The molecule has 1 heterocycles. The number of ketones is 1. The van der Waals surface area contributed by atoms with Crippen molar-refractivity contribution in [2.24, 2.45) is 0 Å². The normalized spacial score (nSPS) is 18.9. The highest BCUT2D eigenvalue weighted by molar-refractivity contribution is 5.78. The minimum Gasteiger partial charge on any atom is -1.00 e. The summed E-state index contributed by atoms with van der Waals surface area (Å²) in [5.74, 6) is 0.429. The van der Waals surface area contributed by atoms with E-state index in [4.69, 9.17) is 0 Å². The predicted octanol–water partition coefficient (Wildman–Crippen LogP) is -1.000. The smallest absolute Gasteiger partial charge is 0.144 e. The Labute approximate surface area is 108 Å². The van der Waals surface area contributed by atoms with Gasteiger partial charge in [-0.05, 0) is 0 Å². The third-order valence-electron chi connectivity index (χ3n) is 3.27. The van der Waals surface area contributed by atoms with Crippen molar-refractivity contribution in [3.63, 3.8) is 0 Å². The molecule has 1 aromatic rings. The van der Waals surface area contributed by atoms with Gasteiger partial charge in [-0.2, -0.15) is 0 Å². The molecular weight excluding hydrogens is 266 g/mol. The van der Waals surface area contributed by atoms with Crippen LogP contribution in [0.4, 0.5) is 0 Å². The average Bonchev–Trinajstić information content (AvgIpc) is 2.24. The zero-order chi connectivity index (χ0) is 10.7. The molecule has 1 aromatic carbocycles. The van der Waals surface area contributed by atoms with Crippen LogP contribution < -0.4 is 17.0 Å². The monoisotopic (exact) mass is 283 g/mol. The molecule has 0 radical (unpaired) electrons. The molecule has 0 spiro atoms. The van der Waals surface area contributed by atoms with Crippen LogP contribution in [0.1, 0.15) is 18.4 Å². The first-order valence-corrected chi connectivity index (χ1v) is 5.57. The van der Waals surface area contributed by atoms with Crippen LogP contribution in [0.5, 0.6) is 0 Å². The number of rotatable bonds is 2. The molecule has 0 unspecified atom stereocenters. The fraction of sp³-hybridized carbons (Fsp3) is 0.462. The number of halogens is 1. The largest absolute Gasteiger partial charge is 1.00 e. The lowest BCUT2D eigenvalue weighted by Crippen LogP contribution is -3.00. The number of hydrogen-bond acceptors (Lipinski definition) is 1. The lowest BCUT2D eigenvalue weighted by Gasteiger charge is -2.37. The van der Waals surface area contributed by atoms with E-state index in [1.165, 1.54) is 5.56 Å². The van der Waals surface area contributed by atoms with Gasteiger partial charge in [0.1, 0.15) is 12.3 Å². The van der Waals surface area contributed by atoms with Gasteiger partial charge in [-0.25, -0.2) is 0 Å². The summed E-state index contributed by atoms with van der Waals surface area (Å²) in [6.07, 6.45) is 1.51. The maximum atomic E-state index is 11.2. The second kappa shape index (κ2) is 5.60. The van der Waals surface area contributed by atoms with Gasteiger partial charge >= 0.3 is 0 Å². The number of carbonyl (C=O) groups is 1. The first kappa shape index (κ1) is 13.4. The molecule has 2 rings (SSSR count). The first-order chi connectivity index (χ1) is 7.18. The van der Waals surface area contributed by atoms with Crippen LogP contribution in [0.15, 0.2) is 30.3 Å². The SMILES string of the molecule is C[N+]1(Cc2ccccc2)CCC(=O)CC1.[Br-]. The summed E-state index contributed by atoms with van der Waals surface area (Å²) in [5, 5.41) is 0. The van der Waals surface area contributed by atoms with Gasteiger partial charge in [0.15, 0.2) is 0 Å². The van der Waals surface area contributed by atoms with Gasteiger partial charge in [-0.1, -0.05) is 30.3 Å². The Bertz CT molecular complexity index is 340. The van der Waals surface area contributed by atoms with Gasteiger partial charge in [0, 0.05) is 5.56 Å². The van der Waals surface area contributed by atoms with E-state index in [0.29, 0.717) is 5.78 Å². The van der Waals surface area contributed by atoms with Gasteiger partial charge in [-0.3, -0.25) is 4.79 Å². The highest BCUT2D eigenvalue weighted by Gasteiger charge is 2.28. The highest BCUT2D eigenvalue weighted by atomic mass is 79.9. The van der Waals surface area contributed by atoms with Gasteiger partial charge in [0.05, 0.1) is 33.0 Å². The van der Waals surface area contributed by atoms with Crippen LogP contribution in [0.3, 0.4) is 0 Å². The van der Waals surface area contributed by atoms with Crippen molar-refractivity contribution in [1.29, 1.82) is 0 Å². The molecule has 0 N–H and O–H groups in total. The van der Waals surface area contributed by atoms with E-state index >= 15 is 0 Å². The molecule has 2 nitrogen and oxygen atoms in total. The molecule has 1 aliphatic rings. The van der Waals surface area contributed by atoms with Crippen LogP contribution in [0, 0.1) is 0 Å². The van der Waals surface area contributed by atoms with Crippen LogP contribution >= 0.6 is 0 Å². The van der Waals surface area contributed by atoms with Crippen LogP contribution in [-0.4, -0.2) is 30.4 Å². The zero-order valence-electron chi connectivity index (χ0n) is 9.66. The Kier molecular flexibility index (Phi) is 4.69. The Balaban J connectivity index is 0.00000128. The van der Waals surface area contributed by atoms with Crippen molar-refractivity contribution in [3.05, 3.63) is 35.9 Å². The summed E-state index contributed by atoms with van der Waals surface area (Å²) in [6, 6.07) is 10.5. The van der Waals surface area contributed by atoms with Crippen molar-refractivity contribution < 1.29 is 26.3 Å². The zero-order valence-corrected chi connectivity index (χ0v) is 11.2. The fourth-order valence-electron chi connectivity index (χ4n) is 2.21. The molecule has 0 amide bonds. The van der Waals surface area contributed by atoms with Crippen LogP contribution in [0.2, 0.25) is 0 Å². The predicted molar refractivity (Wildman–Crippen MR) is 60.3 cm³/mol. The quantitative estimate of drug-likeness (QED) is 0.637. The maximum absolute atomic E-state index is 11.2. The molecule has 0 saturated carbocycles. The third kappa shape index (κ3) is 3.42. The third-order valence-corrected chi connectivity index (χ3v) is 3.27. The van der Waals surface area contributed by atoms with Gasteiger partial charge in [-0.15, -0.1) is 0 Å². The number of Topliss-reactive ketones (excluding diaryl/α,β-unsaturated/α-hetero) is 1. The molecule has 1 aliphatic heterocycles. The molecule has 16 heavy (non-hydrogen) atoms. The van der Waals surface area contributed by atoms with E-state index in [1.54, 1.807) is 0 Å². The molecule has 0 aliphatic carbocycles. The number of nitrogens with zero attached hydrogens (tertiary/aromatic N) is 1. The lowest BCUT2D eigenvalue weighted by molar-refractivity contribution is -0.923. The van der Waals surface area contributed by atoms with E-state index in [2.05, 4.69) is 31.3 Å². The Hall–Kier alpha value is -0.670. The van der Waals surface area contributed by atoms with E-state index < -0.39 is 0 Å². The topological polar surface area (TPSA) is 17.1 Å². The molecule has 0 atom stereocenters. The summed E-state index contributed by atoms with van der Waals surface area (Å²) in [5.41, 5.74) is 1.37. The summed E-state index contributed by atoms with van der Waals surface area (Å²) in [4.78, 5) is 11.2. The number of benzene rings is 1. The fourth-order valence-corrected chi connectivity index (χ4v) is 2.21. The van der Waals surface area contributed by atoms with Crippen molar-refractivity contribution in [3.8, 4) is 0 Å². The molecule has 1 fully saturated rings. The van der Waals surface area contributed by atoms with Gasteiger partial charge < -0.3 is 21.5 Å². The summed E-state index contributed by atoms with van der Waals surface area (Å²) in [7, 11) is 2.25. The molecule has 3 heteroatoms. The number of piperidine rings is 1. The lowest BCUT2D eigenvalue weighted by atomic mass is 10.1. The van der Waals surface area contributed by atoms with Crippen LogP contribution in [-0.2, 0) is 11.3 Å². The Morgan fingerprint density at radius 3 is 2.25 bits per heavy atom. The second-order valence-electron chi connectivity index (χ2n) is 4.75. The number of carbonyl (C=O) groups excluding carboxylic acids is 1. The molecular formula is C13H18BrNO. The van der Waals surface area contributed by atoms with Gasteiger partial charge in [0.2, 0.25) is 0 Å². The van der Waals surface area contributed by atoms with Crippen molar-refractivity contribution >= 4 is 5.78 Å². The Morgan fingerprint density at radius 2 is 1.69 bits per heavy atom.